The molecule has 2 saturated heterocycles. The first-order valence-corrected chi connectivity index (χ1v) is 6.67. The van der Waals surface area contributed by atoms with E-state index in [1.54, 1.807) is 19.1 Å². The number of carbonyl (C=O) groups excluding carboxylic acids is 2. The minimum Gasteiger partial charge on any atom is -0.317 e. The number of nitrogens with one attached hydrogen (secondary N) is 2. The lowest BCUT2D eigenvalue weighted by Gasteiger charge is -2.38. The number of carbonyl (C=O) groups is 2. The molecule has 0 bridgehead atoms. The highest BCUT2D eigenvalue weighted by atomic mass is 35.5. The molecule has 0 radical (unpaired) electrons. The number of halogens is 2. The van der Waals surface area contributed by atoms with Crippen LogP contribution in [0.25, 0.3) is 0 Å². The van der Waals surface area contributed by atoms with Crippen LogP contribution in [0, 0.1) is 12.7 Å². The third kappa shape index (κ3) is 2.38. The van der Waals surface area contributed by atoms with E-state index in [1.807, 2.05) is 0 Å². The van der Waals surface area contributed by atoms with Crippen LogP contribution in [0.2, 0.25) is 0 Å². The second kappa shape index (κ2) is 5.61. The maximum Gasteiger partial charge on any atom is 0.329 e. The lowest BCUT2D eigenvalue weighted by Crippen LogP contribution is -2.56. The zero-order valence-electron chi connectivity index (χ0n) is 11.6. The number of piperidine rings is 1. The highest BCUT2D eigenvalue weighted by molar-refractivity contribution is 6.17. The fourth-order valence-corrected chi connectivity index (χ4v) is 2.94. The molecule has 2 heterocycles. The van der Waals surface area contributed by atoms with Crippen molar-refractivity contribution in [3.05, 3.63) is 29.6 Å². The normalized spacial score (nSPS) is 20.4. The van der Waals surface area contributed by atoms with E-state index >= 15 is 0 Å². The topological polar surface area (TPSA) is 61.4 Å². The van der Waals surface area contributed by atoms with E-state index in [9.17, 15) is 14.0 Å². The molecule has 3 rings (SSSR count). The van der Waals surface area contributed by atoms with E-state index in [4.69, 9.17) is 0 Å². The summed E-state index contributed by atoms with van der Waals surface area (Å²) in [6.07, 6.45) is 1.06. The van der Waals surface area contributed by atoms with Crippen molar-refractivity contribution in [3.8, 4) is 0 Å². The number of rotatable bonds is 1. The first-order chi connectivity index (χ1) is 9.54. The molecule has 21 heavy (non-hydrogen) atoms. The molecule has 0 saturated carbocycles. The summed E-state index contributed by atoms with van der Waals surface area (Å²) in [5, 5.41) is 5.53. The zero-order valence-corrected chi connectivity index (χ0v) is 12.4. The number of aryl methyl sites for hydroxylation is 1. The van der Waals surface area contributed by atoms with Crippen molar-refractivity contribution < 1.29 is 14.0 Å². The summed E-state index contributed by atoms with van der Waals surface area (Å²) in [4.78, 5) is 25.7. The van der Waals surface area contributed by atoms with E-state index < -0.39 is 11.6 Å². The van der Waals surface area contributed by atoms with E-state index in [-0.39, 0.29) is 24.1 Å². The quantitative estimate of drug-likeness (QED) is 0.776. The maximum absolute atomic E-state index is 13.8. The number of hydrogen-bond donors (Lipinski definition) is 2. The Morgan fingerprint density at radius 3 is 2.52 bits per heavy atom. The van der Waals surface area contributed by atoms with Gasteiger partial charge in [0.1, 0.15) is 11.4 Å². The van der Waals surface area contributed by atoms with Crippen LogP contribution in [0.1, 0.15) is 18.4 Å². The molecule has 114 valence electrons. The van der Waals surface area contributed by atoms with Gasteiger partial charge in [0.2, 0.25) is 0 Å². The fraction of sp³-hybridized carbons (Fsp3) is 0.429. The molecule has 2 aliphatic rings. The number of anilines is 1. The second-order valence-electron chi connectivity index (χ2n) is 5.31. The first kappa shape index (κ1) is 15.7. The highest BCUT2D eigenvalue weighted by Crippen LogP contribution is 2.36. The van der Waals surface area contributed by atoms with Gasteiger partial charge in [0.15, 0.2) is 0 Å². The molecule has 0 aliphatic carbocycles. The fourth-order valence-electron chi connectivity index (χ4n) is 2.94. The molecular weight excluding hydrogens is 297 g/mol. The molecule has 0 aromatic heterocycles. The van der Waals surface area contributed by atoms with E-state index in [2.05, 4.69) is 10.6 Å². The van der Waals surface area contributed by atoms with Crippen LogP contribution in [0.3, 0.4) is 0 Å². The Balaban J connectivity index is 0.00000161. The van der Waals surface area contributed by atoms with Crippen molar-refractivity contribution >= 4 is 30.0 Å². The van der Waals surface area contributed by atoms with Gasteiger partial charge in [-0.2, -0.15) is 0 Å². The van der Waals surface area contributed by atoms with Gasteiger partial charge in [-0.3, -0.25) is 15.0 Å². The van der Waals surface area contributed by atoms with E-state index in [0.29, 0.717) is 37.2 Å². The van der Waals surface area contributed by atoms with Gasteiger partial charge in [0.05, 0.1) is 0 Å². The van der Waals surface area contributed by atoms with Gasteiger partial charge < -0.3 is 5.32 Å². The van der Waals surface area contributed by atoms with Crippen LogP contribution in [0.5, 0.6) is 0 Å². The summed E-state index contributed by atoms with van der Waals surface area (Å²) in [6, 6.07) is 4.15. The highest BCUT2D eigenvalue weighted by Gasteiger charge is 2.53. The van der Waals surface area contributed by atoms with Crippen molar-refractivity contribution in [2.75, 3.05) is 18.0 Å². The third-order valence-corrected chi connectivity index (χ3v) is 4.12. The number of amides is 3. The number of imide groups is 1. The third-order valence-electron chi connectivity index (χ3n) is 4.12. The van der Waals surface area contributed by atoms with Gasteiger partial charge in [-0.05, 0) is 50.6 Å². The van der Waals surface area contributed by atoms with Gasteiger partial charge in [0, 0.05) is 5.69 Å². The van der Waals surface area contributed by atoms with Gasteiger partial charge in [-0.1, -0.05) is 6.07 Å². The predicted octanol–water partition coefficient (Wildman–Crippen LogP) is 1.73. The van der Waals surface area contributed by atoms with Crippen LogP contribution in [-0.4, -0.2) is 30.6 Å². The number of benzene rings is 1. The molecule has 1 aromatic rings. The Hall–Kier alpha value is -1.66. The van der Waals surface area contributed by atoms with Gasteiger partial charge in [0.25, 0.3) is 5.91 Å². The Bertz CT molecular complexity index is 588. The molecule has 2 aliphatic heterocycles. The molecule has 2 N–H and O–H groups in total. The Morgan fingerprint density at radius 2 is 1.90 bits per heavy atom. The molecule has 7 heteroatoms. The summed E-state index contributed by atoms with van der Waals surface area (Å²) < 4.78 is 13.8. The van der Waals surface area contributed by atoms with Crippen LogP contribution >= 0.6 is 12.4 Å². The van der Waals surface area contributed by atoms with Crippen LogP contribution in [0.4, 0.5) is 14.9 Å². The molecule has 1 spiro atoms. The number of hydrogen-bond acceptors (Lipinski definition) is 3. The molecular formula is C14H17ClFN3O2. The molecule has 5 nitrogen and oxygen atoms in total. The molecule has 0 unspecified atom stereocenters. The van der Waals surface area contributed by atoms with Crippen LogP contribution in [0.15, 0.2) is 18.2 Å². The first-order valence-electron chi connectivity index (χ1n) is 6.67. The Kier molecular flexibility index (Phi) is 4.20. The molecule has 3 amide bonds. The minimum atomic E-state index is -0.885. The zero-order chi connectivity index (χ0) is 14.3. The molecule has 2 fully saturated rings. The SMILES string of the molecule is Cc1ccc(N2C(=O)NC(=O)C23CCNCC3)cc1F.Cl. The van der Waals surface area contributed by atoms with Crippen LogP contribution < -0.4 is 15.5 Å². The maximum atomic E-state index is 13.8. The lowest BCUT2D eigenvalue weighted by atomic mass is 9.86. The monoisotopic (exact) mass is 313 g/mol. The number of nitrogens with zero attached hydrogens (tertiary/aromatic N) is 1. The van der Waals surface area contributed by atoms with Gasteiger partial charge in [-0.25, -0.2) is 9.18 Å². The van der Waals surface area contributed by atoms with E-state index in [0.717, 1.165) is 0 Å². The smallest absolute Gasteiger partial charge is 0.317 e. The Labute approximate surface area is 128 Å². The van der Waals surface area contributed by atoms with Crippen molar-refractivity contribution in [3.63, 3.8) is 0 Å². The summed E-state index contributed by atoms with van der Waals surface area (Å²) in [5.41, 5.74) is 0.0571. The average Bonchev–Trinajstić information content (AvgIpc) is 2.65. The molecule has 1 aromatic carbocycles. The summed E-state index contributed by atoms with van der Waals surface area (Å²) in [6.45, 7) is 2.98. The standard InChI is InChI=1S/C14H16FN3O2.ClH/c1-9-2-3-10(8-11(9)15)18-13(20)17-12(19)14(18)4-6-16-7-5-14;/h2-3,8,16H,4-7H2,1H3,(H,17,19,20);1H. The van der Waals surface area contributed by atoms with Crippen molar-refractivity contribution in [1.29, 1.82) is 0 Å². The average molecular weight is 314 g/mol. The van der Waals surface area contributed by atoms with E-state index in [1.165, 1.54) is 11.0 Å². The minimum absolute atomic E-state index is 0. The van der Waals surface area contributed by atoms with Gasteiger partial charge in [-0.15, -0.1) is 12.4 Å². The Morgan fingerprint density at radius 1 is 1.24 bits per heavy atom. The van der Waals surface area contributed by atoms with Crippen molar-refractivity contribution in [2.24, 2.45) is 0 Å². The largest absolute Gasteiger partial charge is 0.329 e. The van der Waals surface area contributed by atoms with Crippen molar-refractivity contribution in [2.45, 2.75) is 25.3 Å². The summed E-state index contributed by atoms with van der Waals surface area (Å²) in [5.74, 6) is -0.663. The number of urea groups is 1. The van der Waals surface area contributed by atoms with Crippen molar-refractivity contribution in [1.82, 2.24) is 10.6 Å². The lowest BCUT2D eigenvalue weighted by molar-refractivity contribution is -0.124. The summed E-state index contributed by atoms with van der Waals surface area (Å²) in [7, 11) is 0. The van der Waals surface area contributed by atoms with Gasteiger partial charge >= 0.3 is 6.03 Å². The predicted molar refractivity (Wildman–Crippen MR) is 79.2 cm³/mol. The summed E-state index contributed by atoms with van der Waals surface area (Å²) >= 11 is 0. The second-order valence-corrected chi connectivity index (χ2v) is 5.31. The molecule has 0 atom stereocenters. The van der Waals surface area contributed by atoms with Crippen LogP contribution in [-0.2, 0) is 4.79 Å².